The Morgan fingerprint density at radius 1 is 1.17 bits per heavy atom. The summed E-state index contributed by atoms with van der Waals surface area (Å²) in [5.74, 6) is -0.170. The number of anilines is 1. The summed E-state index contributed by atoms with van der Waals surface area (Å²) in [6.07, 6.45) is 0.170. The van der Waals surface area contributed by atoms with Gasteiger partial charge in [0, 0.05) is 25.5 Å². The minimum absolute atomic E-state index is 0.170. The molecule has 0 radical (unpaired) electrons. The number of halogens is 3. The van der Waals surface area contributed by atoms with Crippen LogP contribution in [0.1, 0.15) is 5.56 Å². The van der Waals surface area contributed by atoms with Crippen molar-refractivity contribution in [1.82, 2.24) is 4.98 Å². The van der Waals surface area contributed by atoms with E-state index in [0.29, 0.717) is 15.2 Å². The quantitative estimate of drug-likeness (QED) is 0.534. The molecule has 0 spiro atoms. The first-order valence-electron chi connectivity index (χ1n) is 6.96. The third kappa shape index (κ3) is 4.36. The number of aromatic nitrogens is 1. The van der Waals surface area contributed by atoms with Crippen LogP contribution in [0.3, 0.4) is 0 Å². The van der Waals surface area contributed by atoms with Gasteiger partial charge in [0.15, 0.2) is 5.13 Å². The molecule has 3 nitrogen and oxygen atoms in total. The lowest BCUT2D eigenvalue weighted by molar-refractivity contribution is -0.115. The summed E-state index contributed by atoms with van der Waals surface area (Å²) in [4.78, 5) is 16.6. The molecule has 0 aliphatic heterocycles. The van der Waals surface area contributed by atoms with Crippen LogP contribution in [-0.4, -0.2) is 10.9 Å². The molecule has 0 bridgehead atoms. The molecule has 0 saturated carbocycles. The Balaban J connectivity index is 1.68. The highest BCUT2D eigenvalue weighted by molar-refractivity contribution is 9.10. The molecule has 7 heteroatoms. The van der Waals surface area contributed by atoms with Crippen LogP contribution in [0.2, 0.25) is 10.0 Å². The predicted molar refractivity (Wildman–Crippen MR) is 104 cm³/mol. The van der Waals surface area contributed by atoms with Crippen molar-refractivity contribution in [3.8, 4) is 11.3 Å². The zero-order chi connectivity index (χ0) is 17.1. The Kier molecular flexibility index (Phi) is 5.56. The molecule has 122 valence electrons. The molecule has 0 saturated heterocycles. The molecule has 1 amide bonds. The molecule has 2 aromatic carbocycles. The van der Waals surface area contributed by atoms with Gasteiger partial charge in [0.2, 0.25) is 5.91 Å². The number of rotatable bonds is 4. The van der Waals surface area contributed by atoms with Crippen LogP contribution < -0.4 is 5.32 Å². The Bertz CT molecular complexity index is 881. The fourth-order valence-corrected chi connectivity index (χ4v) is 3.56. The van der Waals surface area contributed by atoms with Crippen molar-refractivity contribution in [1.29, 1.82) is 0 Å². The molecular formula is C17H11BrCl2N2OS. The van der Waals surface area contributed by atoms with E-state index in [0.717, 1.165) is 21.3 Å². The van der Waals surface area contributed by atoms with Gasteiger partial charge < -0.3 is 5.32 Å². The summed E-state index contributed by atoms with van der Waals surface area (Å²) in [5, 5.41) is 6.29. The molecule has 24 heavy (non-hydrogen) atoms. The highest BCUT2D eigenvalue weighted by atomic mass is 79.9. The Hall–Kier alpha value is -1.40. The Morgan fingerprint density at radius 3 is 2.62 bits per heavy atom. The molecule has 1 N–H and O–H groups in total. The zero-order valence-electron chi connectivity index (χ0n) is 12.2. The van der Waals surface area contributed by atoms with Gasteiger partial charge in [-0.2, -0.15) is 0 Å². The number of carbonyl (C=O) groups is 1. The van der Waals surface area contributed by atoms with Crippen molar-refractivity contribution in [2.45, 2.75) is 6.42 Å². The first kappa shape index (κ1) is 17.4. The molecule has 1 aromatic heterocycles. The van der Waals surface area contributed by atoms with Crippen LogP contribution in [0.25, 0.3) is 11.3 Å². The van der Waals surface area contributed by atoms with E-state index in [1.54, 1.807) is 18.2 Å². The number of nitrogens with one attached hydrogen (secondary N) is 1. The monoisotopic (exact) mass is 440 g/mol. The number of carbonyl (C=O) groups excluding carboxylic acids is 1. The van der Waals surface area contributed by atoms with Crippen LogP contribution in [-0.2, 0) is 11.2 Å². The van der Waals surface area contributed by atoms with Crippen molar-refractivity contribution in [3.63, 3.8) is 0 Å². The lowest BCUT2D eigenvalue weighted by Crippen LogP contribution is -2.14. The number of thiazole rings is 1. The highest BCUT2D eigenvalue weighted by Gasteiger charge is 2.11. The van der Waals surface area contributed by atoms with Gasteiger partial charge in [0.1, 0.15) is 0 Å². The van der Waals surface area contributed by atoms with E-state index < -0.39 is 0 Å². The van der Waals surface area contributed by atoms with Crippen molar-refractivity contribution in [2.75, 3.05) is 5.32 Å². The van der Waals surface area contributed by atoms with Crippen molar-refractivity contribution < 1.29 is 4.79 Å². The largest absolute Gasteiger partial charge is 0.302 e. The van der Waals surface area contributed by atoms with Gasteiger partial charge in [-0.15, -0.1) is 11.3 Å². The zero-order valence-corrected chi connectivity index (χ0v) is 16.1. The topological polar surface area (TPSA) is 42.0 Å². The van der Waals surface area contributed by atoms with E-state index in [9.17, 15) is 4.79 Å². The molecule has 3 rings (SSSR count). The van der Waals surface area contributed by atoms with E-state index in [1.807, 2.05) is 29.6 Å². The van der Waals surface area contributed by atoms with Crippen molar-refractivity contribution in [2.24, 2.45) is 0 Å². The van der Waals surface area contributed by atoms with Crippen LogP contribution >= 0.6 is 50.5 Å². The second-order valence-corrected chi connectivity index (χ2v) is 7.62. The highest BCUT2D eigenvalue weighted by Crippen LogP contribution is 2.26. The minimum atomic E-state index is -0.170. The molecule has 3 aromatic rings. The van der Waals surface area contributed by atoms with Crippen LogP contribution in [0.4, 0.5) is 5.13 Å². The predicted octanol–water partition coefficient (Wildman–Crippen LogP) is 6.06. The fourth-order valence-electron chi connectivity index (χ4n) is 2.09. The van der Waals surface area contributed by atoms with Gasteiger partial charge in [-0.25, -0.2) is 4.98 Å². The maximum atomic E-state index is 12.2. The summed E-state index contributed by atoms with van der Waals surface area (Å²) in [7, 11) is 0. The van der Waals surface area contributed by atoms with Gasteiger partial charge >= 0.3 is 0 Å². The lowest BCUT2D eigenvalue weighted by Gasteiger charge is -2.04. The number of nitrogens with zero attached hydrogens (tertiary/aromatic N) is 1. The fraction of sp³-hybridized carbons (Fsp3) is 0.0588. The van der Waals surface area contributed by atoms with Crippen molar-refractivity contribution >= 4 is 61.5 Å². The van der Waals surface area contributed by atoms with E-state index >= 15 is 0 Å². The number of hydrogen-bond acceptors (Lipinski definition) is 3. The first-order chi connectivity index (χ1) is 11.5. The van der Waals surface area contributed by atoms with E-state index in [2.05, 4.69) is 26.2 Å². The summed E-state index contributed by atoms with van der Waals surface area (Å²) in [6, 6.07) is 12.9. The standard InChI is InChI=1S/C17H11BrCl2N2OS/c18-12-4-1-10(2-5-12)15-9-24-17(21-15)22-16(23)7-11-3-6-13(19)8-14(11)20/h1-6,8-9H,7H2,(H,21,22,23). The normalized spacial score (nSPS) is 10.6. The van der Waals surface area contributed by atoms with Crippen LogP contribution in [0.15, 0.2) is 52.3 Å². The summed E-state index contributed by atoms with van der Waals surface area (Å²) < 4.78 is 1.01. The van der Waals surface area contributed by atoms with Crippen LogP contribution in [0.5, 0.6) is 0 Å². The molecule has 0 atom stereocenters. The third-order valence-corrected chi connectivity index (χ3v) is 5.13. The Morgan fingerprint density at radius 2 is 1.92 bits per heavy atom. The lowest BCUT2D eigenvalue weighted by atomic mass is 10.1. The second kappa shape index (κ2) is 7.66. The average molecular weight is 442 g/mol. The number of amides is 1. The number of hydrogen-bond donors (Lipinski definition) is 1. The SMILES string of the molecule is O=C(Cc1ccc(Cl)cc1Cl)Nc1nc(-c2ccc(Br)cc2)cs1. The van der Waals surface area contributed by atoms with Gasteiger partial charge in [-0.1, -0.05) is 57.3 Å². The van der Waals surface area contributed by atoms with Gasteiger partial charge in [-0.05, 0) is 29.8 Å². The average Bonchev–Trinajstić information content (AvgIpc) is 2.99. The Labute approximate surface area is 161 Å². The molecule has 0 aliphatic rings. The molecule has 0 aliphatic carbocycles. The molecule has 0 fully saturated rings. The first-order valence-corrected chi connectivity index (χ1v) is 9.39. The maximum Gasteiger partial charge on any atom is 0.230 e. The maximum absolute atomic E-state index is 12.2. The second-order valence-electron chi connectivity index (χ2n) is 5.01. The molecular weight excluding hydrogens is 431 g/mol. The van der Waals surface area contributed by atoms with E-state index in [-0.39, 0.29) is 12.3 Å². The smallest absolute Gasteiger partial charge is 0.230 e. The summed E-state index contributed by atoms with van der Waals surface area (Å²) >= 11 is 16.7. The minimum Gasteiger partial charge on any atom is -0.302 e. The molecule has 1 heterocycles. The van der Waals surface area contributed by atoms with E-state index in [4.69, 9.17) is 23.2 Å². The van der Waals surface area contributed by atoms with Crippen molar-refractivity contribution in [3.05, 3.63) is 67.9 Å². The van der Waals surface area contributed by atoms with Gasteiger partial charge in [-0.3, -0.25) is 4.79 Å². The van der Waals surface area contributed by atoms with Gasteiger partial charge in [0.25, 0.3) is 0 Å². The third-order valence-electron chi connectivity index (χ3n) is 3.26. The summed E-state index contributed by atoms with van der Waals surface area (Å²) in [6.45, 7) is 0. The van der Waals surface area contributed by atoms with Crippen LogP contribution in [0, 0.1) is 0 Å². The van der Waals surface area contributed by atoms with E-state index in [1.165, 1.54) is 11.3 Å². The summed E-state index contributed by atoms with van der Waals surface area (Å²) in [5.41, 5.74) is 2.55. The van der Waals surface area contributed by atoms with Gasteiger partial charge in [0.05, 0.1) is 12.1 Å². The molecule has 0 unspecified atom stereocenters. The number of benzene rings is 2.